The van der Waals surface area contributed by atoms with Gasteiger partial charge in [0.15, 0.2) is 6.61 Å². The number of hydrogen-bond acceptors (Lipinski definition) is 3. The van der Waals surface area contributed by atoms with E-state index >= 15 is 0 Å². The van der Waals surface area contributed by atoms with E-state index in [1.807, 2.05) is 13.0 Å². The van der Waals surface area contributed by atoms with Crippen molar-refractivity contribution in [2.45, 2.75) is 6.92 Å². The van der Waals surface area contributed by atoms with E-state index in [1.165, 1.54) is 0 Å². The van der Waals surface area contributed by atoms with Crippen molar-refractivity contribution in [1.29, 1.82) is 5.26 Å². The largest absolute Gasteiger partial charge is 0.479 e. The molecule has 1 amide bonds. The van der Waals surface area contributed by atoms with Crippen molar-refractivity contribution >= 4 is 23.2 Å². The third kappa shape index (κ3) is 3.98. The van der Waals surface area contributed by atoms with Crippen molar-refractivity contribution in [3.63, 3.8) is 0 Å². The van der Waals surface area contributed by atoms with Crippen molar-refractivity contribution in [2.75, 3.05) is 11.9 Å². The van der Waals surface area contributed by atoms with Gasteiger partial charge >= 0.3 is 0 Å². The molecule has 1 N–H and O–H groups in total. The molecule has 0 saturated carbocycles. The molecule has 106 valence electrons. The van der Waals surface area contributed by atoms with Gasteiger partial charge in [0.1, 0.15) is 11.8 Å². The van der Waals surface area contributed by atoms with Crippen LogP contribution >= 0.6 is 11.6 Å². The molecule has 0 atom stereocenters. The highest BCUT2D eigenvalue weighted by atomic mass is 35.5. The predicted octanol–water partition coefficient (Wildman–Crippen LogP) is 3.80. The Hall–Kier alpha value is -2.51. The Balaban J connectivity index is 2.12. The number of benzene rings is 2. The number of carbonyl (C=O) groups is 1. The fourth-order valence-electron chi connectivity index (χ4n) is 1.77. The van der Waals surface area contributed by atoms with Gasteiger partial charge in [-0.15, -0.1) is 0 Å². The van der Waals surface area contributed by atoms with Gasteiger partial charge in [0, 0.05) is 22.3 Å². The summed E-state index contributed by atoms with van der Waals surface area (Å²) in [6, 6.07) is 13.9. The first-order valence-electron chi connectivity index (χ1n) is 6.27. The van der Waals surface area contributed by atoms with Gasteiger partial charge in [-0.2, -0.15) is 5.26 Å². The van der Waals surface area contributed by atoms with E-state index in [9.17, 15) is 4.79 Å². The molecule has 0 saturated heterocycles. The second-order valence-corrected chi connectivity index (χ2v) is 4.80. The minimum atomic E-state index is -0.229. The lowest BCUT2D eigenvalue weighted by Crippen LogP contribution is -2.12. The van der Waals surface area contributed by atoms with Crippen molar-refractivity contribution in [3.8, 4) is 11.8 Å². The predicted molar refractivity (Wildman–Crippen MR) is 81.7 cm³/mol. The SMILES string of the molecule is Cc1cc(C(=O)Nc2cccc(OCC#N)c2)ccc1Cl. The summed E-state index contributed by atoms with van der Waals surface area (Å²) in [4.78, 5) is 12.2. The number of rotatable bonds is 4. The summed E-state index contributed by atoms with van der Waals surface area (Å²) in [5.41, 5.74) is 1.97. The Morgan fingerprint density at radius 2 is 2.14 bits per heavy atom. The summed E-state index contributed by atoms with van der Waals surface area (Å²) in [6.45, 7) is 1.81. The minimum absolute atomic E-state index is 0.0339. The monoisotopic (exact) mass is 300 g/mol. The first-order chi connectivity index (χ1) is 10.1. The average molecular weight is 301 g/mol. The normalized spacial score (nSPS) is 9.76. The lowest BCUT2D eigenvalue weighted by atomic mass is 10.1. The standard InChI is InChI=1S/C16H13ClN2O2/c1-11-9-12(5-6-15(11)17)16(20)19-13-3-2-4-14(10-13)21-8-7-18/h2-6,9-10H,8H2,1H3,(H,19,20). The molecular formula is C16H13ClN2O2. The molecule has 0 aliphatic rings. The third-order valence-electron chi connectivity index (χ3n) is 2.82. The van der Waals surface area contributed by atoms with E-state index < -0.39 is 0 Å². The van der Waals surface area contributed by atoms with Crippen LogP contribution in [0.3, 0.4) is 0 Å². The molecule has 0 fully saturated rings. The van der Waals surface area contributed by atoms with Crippen LogP contribution in [-0.2, 0) is 0 Å². The van der Waals surface area contributed by atoms with Gasteiger partial charge in [0.05, 0.1) is 0 Å². The van der Waals surface area contributed by atoms with Gasteiger partial charge in [-0.3, -0.25) is 4.79 Å². The van der Waals surface area contributed by atoms with E-state index in [0.717, 1.165) is 5.56 Å². The molecule has 0 bridgehead atoms. The Kier molecular flexibility index (Phi) is 4.81. The number of ether oxygens (including phenoxy) is 1. The Bertz CT molecular complexity index is 708. The van der Waals surface area contributed by atoms with Crippen molar-refractivity contribution in [2.24, 2.45) is 0 Å². The van der Waals surface area contributed by atoms with Crippen LogP contribution in [0.5, 0.6) is 5.75 Å². The molecule has 5 heteroatoms. The molecular weight excluding hydrogens is 288 g/mol. The number of nitriles is 1. The third-order valence-corrected chi connectivity index (χ3v) is 3.24. The van der Waals surface area contributed by atoms with Crippen LogP contribution in [0, 0.1) is 18.3 Å². The van der Waals surface area contributed by atoms with Gasteiger partial charge in [0.2, 0.25) is 0 Å². The van der Waals surface area contributed by atoms with Crippen LogP contribution in [0.2, 0.25) is 5.02 Å². The van der Waals surface area contributed by atoms with E-state index in [1.54, 1.807) is 42.5 Å². The summed E-state index contributed by atoms with van der Waals surface area (Å²) < 4.78 is 5.19. The van der Waals surface area contributed by atoms with Gasteiger partial charge in [-0.1, -0.05) is 17.7 Å². The molecule has 0 heterocycles. The number of nitrogens with one attached hydrogen (secondary N) is 1. The summed E-state index contributed by atoms with van der Waals surface area (Å²) >= 11 is 5.94. The molecule has 4 nitrogen and oxygen atoms in total. The van der Waals surface area contributed by atoms with E-state index in [2.05, 4.69) is 5.32 Å². The Morgan fingerprint density at radius 1 is 1.33 bits per heavy atom. The first kappa shape index (κ1) is 14.9. The molecule has 0 spiro atoms. The molecule has 2 aromatic rings. The fraction of sp³-hybridized carbons (Fsp3) is 0.125. The van der Waals surface area contributed by atoms with E-state index in [4.69, 9.17) is 21.6 Å². The van der Waals surface area contributed by atoms with Crippen molar-refractivity contribution in [3.05, 3.63) is 58.6 Å². The lowest BCUT2D eigenvalue weighted by Gasteiger charge is -2.08. The highest BCUT2D eigenvalue weighted by Crippen LogP contribution is 2.20. The summed E-state index contributed by atoms with van der Waals surface area (Å²) in [5, 5.41) is 11.9. The molecule has 21 heavy (non-hydrogen) atoms. The molecule has 0 radical (unpaired) electrons. The number of nitrogens with zero attached hydrogens (tertiary/aromatic N) is 1. The van der Waals surface area contributed by atoms with Crippen LogP contribution in [0.25, 0.3) is 0 Å². The fourth-order valence-corrected chi connectivity index (χ4v) is 1.89. The maximum atomic E-state index is 12.2. The van der Waals surface area contributed by atoms with Crippen LogP contribution < -0.4 is 10.1 Å². The number of amides is 1. The van der Waals surface area contributed by atoms with Gasteiger partial charge in [-0.05, 0) is 42.8 Å². The number of anilines is 1. The van der Waals surface area contributed by atoms with Crippen LogP contribution in [0.4, 0.5) is 5.69 Å². The summed E-state index contributed by atoms with van der Waals surface area (Å²) in [5.74, 6) is 0.300. The number of carbonyl (C=O) groups excluding carboxylic acids is 1. The Morgan fingerprint density at radius 3 is 2.86 bits per heavy atom. The summed E-state index contributed by atoms with van der Waals surface area (Å²) in [6.07, 6.45) is 0. The highest BCUT2D eigenvalue weighted by molar-refractivity contribution is 6.31. The van der Waals surface area contributed by atoms with Crippen LogP contribution in [0.1, 0.15) is 15.9 Å². The number of hydrogen-bond donors (Lipinski definition) is 1. The quantitative estimate of drug-likeness (QED) is 0.934. The van der Waals surface area contributed by atoms with Gasteiger partial charge in [0.25, 0.3) is 5.91 Å². The van der Waals surface area contributed by atoms with Crippen molar-refractivity contribution < 1.29 is 9.53 Å². The summed E-state index contributed by atoms with van der Waals surface area (Å²) in [7, 11) is 0. The van der Waals surface area contributed by atoms with Gasteiger partial charge in [-0.25, -0.2) is 0 Å². The smallest absolute Gasteiger partial charge is 0.255 e. The second kappa shape index (κ2) is 6.78. The maximum absolute atomic E-state index is 12.2. The van der Waals surface area contributed by atoms with Crippen molar-refractivity contribution in [1.82, 2.24) is 0 Å². The number of halogens is 1. The van der Waals surface area contributed by atoms with Crippen LogP contribution in [0.15, 0.2) is 42.5 Å². The average Bonchev–Trinajstić information content (AvgIpc) is 2.48. The zero-order chi connectivity index (χ0) is 15.2. The Labute approximate surface area is 127 Å². The minimum Gasteiger partial charge on any atom is -0.479 e. The molecule has 2 rings (SSSR count). The van der Waals surface area contributed by atoms with E-state index in [-0.39, 0.29) is 12.5 Å². The molecule has 0 aliphatic carbocycles. The molecule has 2 aromatic carbocycles. The number of aryl methyl sites for hydroxylation is 1. The zero-order valence-electron chi connectivity index (χ0n) is 11.4. The molecule has 0 aromatic heterocycles. The first-order valence-corrected chi connectivity index (χ1v) is 6.65. The second-order valence-electron chi connectivity index (χ2n) is 4.39. The van der Waals surface area contributed by atoms with Gasteiger partial charge < -0.3 is 10.1 Å². The highest BCUT2D eigenvalue weighted by Gasteiger charge is 2.08. The molecule has 0 aliphatic heterocycles. The van der Waals surface area contributed by atoms with E-state index in [0.29, 0.717) is 22.0 Å². The zero-order valence-corrected chi connectivity index (χ0v) is 12.1. The maximum Gasteiger partial charge on any atom is 0.255 e. The topological polar surface area (TPSA) is 62.1 Å². The van der Waals surface area contributed by atoms with Crippen LogP contribution in [-0.4, -0.2) is 12.5 Å². The molecule has 0 unspecified atom stereocenters. The lowest BCUT2D eigenvalue weighted by molar-refractivity contribution is 0.102.